The van der Waals surface area contributed by atoms with E-state index in [0.717, 1.165) is 9.87 Å². The van der Waals surface area contributed by atoms with Crippen molar-refractivity contribution in [1.82, 2.24) is 9.62 Å². The fourth-order valence-corrected chi connectivity index (χ4v) is 4.75. The second-order valence-electron chi connectivity index (χ2n) is 6.07. The van der Waals surface area contributed by atoms with E-state index < -0.39 is 15.9 Å². The minimum absolute atomic E-state index is 0.0508. The van der Waals surface area contributed by atoms with E-state index in [2.05, 4.69) is 5.32 Å². The molecule has 0 aliphatic rings. The highest BCUT2D eigenvalue weighted by Crippen LogP contribution is 2.27. The van der Waals surface area contributed by atoms with Gasteiger partial charge in [-0.3, -0.25) is 4.79 Å². The number of amides is 1. The van der Waals surface area contributed by atoms with E-state index in [1.807, 2.05) is 19.1 Å². The number of benzene rings is 2. The summed E-state index contributed by atoms with van der Waals surface area (Å²) in [6.07, 6.45) is 0. The Bertz CT molecular complexity index is 933. The molecule has 2 rings (SSSR count). The molecule has 1 atom stereocenters. The molecule has 28 heavy (non-hydrogen) atoms. The Morgan fingerprint density at radius 1 is 1.18 bits per heavy atom. The van der Waals surface area contributed by atoms with Crippen LogP contribution >= 0.6 is 23.2 Å². The molecule has 0 bridgehead atoms. The summed E-state index contributed by atoms with van der Waals surface area (Å²) in [4.78, 5) is 12.3. The van der Waals surface area contributed by atoms with E-state index in [9.17, 15) is 13.2 Å². The van der Waals surface area contributed by atoms with Gasteiger partial charge >= 0.3 is 0 Å². The molecule has 0 spiro atoms. The van der Waals surface area contributed by atoms with Gasteiger partial charge in [0.2, 0.25) is 15.9 Å². The molecule has 0 aromatic heterocycles. The highest BCUT2D eigenvalue weighted by Gasteiger charge is 2.28. The number of hydrogen-bond acceptors (Lipinski definition) is 4. The SMILES string of the molecule is CCN(CC(=O)NC(C)c1ccc(OC)cc1)S(=O)(=O)c1cc(Cl)ccc1Cl. The Labute approximate surface area is 175 Å². The van der Waals surface area contributed by atoms with Gasteiger partial charge in [0.25, 0.3) is 0 Å². The van der Waals surface area contributed by atoms with Crippen molar-refractivity contribution in [3.05, 3.63) is 58.1 Å². The lowest BCUT2D eigenvalue weighted by Crippen LogP contribution is -2.41. The number of methoxy groups -OCH3 is 1. The van der Waals surface area contributed by atoms with Gasteiger partial charge in [-0.2, -0.15) is 4.31 Å². The first kappa shape index (κ1) is 22.5. The third-order valence-electron chi connectivity index (χ3n) is 4.18. The number of nitrogens with zero attached hydrogens (tertiary/aromatic N) is 1. The number of halogens is 2. The van der Waals surface area contributed by atoms with Crippen LogP contribution in [0, 0.1) is 0 Å². The summed E-state index contributed by atoms with van der Waals surface area (Å²) in [7, 11) is -2.39. The number of carbonyl (C=O) groups is 1. The number of rotatable bonds is 8. The zero-order valence-electron chi connectivity index (χ0n) is 15.8. The van der Waals surface area contributed by atoms with Crippen molar-refractivity contribution in [3.63, 3.8) is 0 Å². The van der Waals surface area contributed by atoms with Crippen LogP contribution in [0.4, 0.5) is 0 Å². The minimum atomic E-state index is -3.97. The lowest BCUT2D eigenvalue weighted by molar-refractivity contribution is -0.121. The van der Waals surface area contributed by atoms with Gasteiger partial charge in [0, 0.05) is 11.6 Å². The molecule has 2 aromatic rings. The van der Waals surface area contributed by atoms with Crippen LogP contribution in [0.5, 0.6) is 5.75 Å². The van der Waals surface area contributed by atoms with Crippen LogP contribution in [0.3, 0.4) is 0 Å². The maximum atomic E-state index is 12.9. The molecule has 152 valence electrons. The van der Waals surface area contributed by atoms with E-state index in [1.54, 1.807) is 26.2 Å². The number of hydrogen-bond donors (Lipinski definition) is 1. The molecule has 0 radical (unpaired) electrons. The summed E-state index contributed by atoms with van der Waals surface area (Å²) in [6.45, 7) is 3.24. The lowest BCUT2D eigenvalue weighted by atomic mass is 10.1. The van der Waals surface area contributed by atoms with Crippen molar-refractivity contribution >= 4 is 39.1 Å². The molecular weight excluding hydrogens is 423 g/mol. The van der Waals surface area contributed by atoms with E-state index >= 15 is 0 Å². The van der Waals surface area contributed by atoms with Crippen molar-refractivity contribution in [2.75, 3.05) is 20.2 Å². The molecule has 6 nitrogen and oxygen atoms in total. The number of sulfonamides is 1. The molecular formula is C19H22Cl2N2O4S. The average molecular weight is 445 g/mol. The van der Waals surface area contributed by atoms with Gasteiger partial charge in [0.15, 0.2) is 0 Å². The molecule has 1 N–H and O–H groups in total. The van der Waals surface area contributed by atoms with Gasteiger partial charge in [0.05, 0.1) is 24.7 Å². The summed E-state index contributed by atoms with van der Waals surface area (Å²) in [5.74, 6) is 0.288. The Hall–Kier alpha value is -1.80. The third-order valence-corrected chi connectivity index (χ3v) is 6.81. The molecule has 0 heterocycles. The Morgan fingerprint density at radius 3 is 2.39 bits per heavy atom. The first-order valence-electron chi connectivity index (χ1n) is 8.57. The molecule has 9 heteroatoms. The van der Waals surface area contributed by atoms with Crippen LogP contribution in [0.2, 0.25) is 10.0 Å². The average Bonchev–Trinajstić information content (AvgIpc) is 2.67. The van der Waals surface area contributed by atoms with Gasteiger partial charge in [-0.15, -0.1) is 0 Å². The van der Waals surface area contributed by atoms with Gasteiger partial charge in [-0.25, -0.2) is 8.42 Å². The van der Waals surface area contributed by atoms with E-state index in [4.69, 9.17) is 27.9 Å². The Kier molecular flexibility index (Phi) is 7.71. The van der Waals surface area contributed by atoms with Crippen LogP contribution in [-0.2, 0) is 14.8 Å². The summed E-state index contributed by atoms with van der Waals surface area (Å²) >= 11 is 11.9. The summed E-state index contributed by atoms with van der Waals surface area (Å²) < 4.78 is 31.9. The van der Waals surface area contributed by atoms with Crippen molar-refractivity contribution in [2.45, 2.75) is 24.8 Å². The normalized spacial score (nSPS) is 12.6. The zero-order chi connectivity index (χ0) is 20.9. The van der Waals surface area contributed by atoms with Gasteiger partial charge in [-0.05, 0) is 42.8 Å². The number of likely N-dealkylation sites (N-methyl/N-ethyl adjacent to an activating group) is 1. The van der Waals surface area contributed by atoms with Gasteiger partial charge < -0.3 is 10.1 Å². The second-order valence-corrected chi connectivity index (χ2v) is 8.82. The smallest absolute Gasteiger partial charge is 0.245 e. The zero-order valence-corrected chi connectivity index (χ0v) is 18.1. The van der Waals surface area contributed by atoms with Crippen LogP contribution in [-0.4, -0.2) is 38.8 Å². The lowest BCUT2D eigenvalue weighted by Gasteiger charge is -2.22. The molecule has 1 amide bonds. The van der Waals surface area contributed by atoms with Gasteiger partial charge in [-0.1, -0.05) is 42.3 Å². The predicted octanol–water partition coefficient (Wildman–Crippen LogP) is 3.89. The van der Waals surface area contributed by atoms with Crippen molar-refractivity contribution in [2.24, 2.45) is 0 Å². The van der Waals surface area contributed by atoms with Crippen LogP contribution in [0.15, 0.2) is 47.4 Å². The summed E-state index contributed by atoms with van der Waals surface area (Å²) in [5.41, 5.74) is 0.873. The van der Waals surface area contributed by atoms with Crippen molar-refractivity contribution < 1.29 is 17.9 Å². The van der Waals surface area contributed by atoms with Gasteiger partial charge in [0.1, 0.15) is 10.6 Å². The first-order chi connectivity index (χ1) is 13.2. The topological polar surface area (TPSA) is 75.7 Å². The quantitative estimate of drug-likeness (QED) is 0.669. The molecule has 1 unspecified atom stereocenters. The third kappa shape index (κ3) is 5.38. The molecule has 0 saturated heterocycles. The molecule has 0 aliphatic carbocycles. The maximum absolute atomic E-state index is 12.9. The van der Waals surface area contributed by atoms with Crippen molar-refractivity contribution in [1.29, 1.82) is 0 Å². The molecule has 0 fully saturated rings. The molecule has 0 aliphatic heterocycles. The first-order valence-corrected chi connectivity index (χ1v) is 10.8. The monoisotopic (exact) mass is 444 g/mol. The van der Waals surface area contributed by atoms with E-state index in [1.165, 1.54) is 18.2 Å². The number of nitrogens with one attached hydrogen (secondary N) is 1. The predicted molar refractivity (Wildman–Crippen MR) is 110 cm³/mol. The second kappa shape index (κ2) is 9.60. The Morgan fingerprint density at radius 2 is 1.82 bits per heavy atom. The highest BCUT2D eigenvalue weighted by molar-refractivity contribution is 7.89. The minimum Gasteiger partial charge on any atom is -0.497 e. The largest absolute Gasteiger partial charge is 0.497 e. The highest BCUT2D eigenvalue weighted by atomic mass is 35.5. The van der Waals surface area contributed by atoms with Crippen LogP contribution in [0.25, 0.3) is 0 Å². The molecule has 0 saturated carbocycles. The Balaban J connectivity index is 2.12. The summed E-state index contributed by atoms with van der Waals surface area (Å²) in [5, 5.41) is 3.10. The number of carbonyl (C=O) groups excluding carboxylic acids is 1. The molecule has 2 aromatic carbocycles. The van der Waals surface area contributed by atoms with Crippen LogP contribution < -0.4 is 10.1 Å². The van der Waals surface area contributed by atoms with E-state index in [0.29, 0.717) is 5.75 Å². The standard InChI is InChI=1S/C19H22Cl2N2O4S/c1-4-23(28(25,26)18-11-15(20)7-10-17(18)21)12-19(24)22-13(2)14-5-8-16(27-3)9-6-14/h5-11,13H,4,12H2,1-3H3,(H,22,24). The van der Waals surface area contributed by atoms with Crippen LogP contribution in [0.1, 0.15) is 25.5 Å². The van der Waals surface area contributed by atoms with Crippen molar-refractivity contribution in [3.8, 4) is 5.75 Å². The fraction of sp³-hybridized carbons (Fsp3) is 0.316. The number of ether oxygens (including phenoxy) is 1. The maximum Gasteiger partial charge on any atom is 0.245 e. The van der Waals surface area contributed by atoms with E-state index in [-0.39, 0.29) is 34.1 Å². The fourth-order valence-electron chi connectivity index (χ4n) is 2.60. The summed E-state index contributed by atoms with van der Waals surface area (Å²) in [6, 6.07) is 11.2.